The molecule has 0 bridgehead atoms. The molecule has 1 unspecified atom stereocenters. The second-order valence-corrected chi connectivity index (χ2v) is 2.13. The molecule has 2 heteroatoms. The standard InChI is InChI=1S/C7H12NO/c1-2-6-9-7-4-3-5-8-7/h2,7H,1,3-6H2. The third-order valence-electron chi connectivity index (χ3n) is 1.35. The van der Waals surface area contributed by atoms with Gasteiger partial charge in [-0.2, -0.15) is 0 Å². The number of hydrogen-bond donors (Lipinski definition) is 0. The van der Waals surface area contributed by atoms with Crippen LogP contribution in [0.1, 0.15) is 12.8 Å². The van der Waals surface area contributed by atoms with E-state index in [2.05, 4.69) is 11.9 Å². The van der Waals surface area contributed by atoms with Crippen molar-refractivity contribution < 1.29 is 4.74 Å². The third-order valence-corrected chi connectivity index (χ3v) is 1.35. The Morgan fingerprint density at radius 2 is 2.67 bits per heavy atom. The zero-order chi connectivity index (χ0) is 6.53. The summed E-state index contributed by atoms with van der Waals surface area (Å²) in [5, 5.41) is 4.20. The van der Waals surface area contributed by atoms with Crippen LogP contribution in [0.4, 0.5) is 0 Å². The van der Waals surface area contributed by atoms with Gasteiger partial charge >= 0.3 is 0 Å². The van der Waals surface area contributed by atoms with Crippen molar-refractivity contribution in [1.29, 1.82) is 0 Å². The van der Waals surface area contributed by atoms with Gasteiger partial charge in [-0.3, -0.25) is 0 Å². The molecule has 0 aromatic rings. The van der Waals surface area contributed by atoms with Gasteiger partial charge in [0.15, 0.2) is 0 Å². The number of rotatable bonds is 3. The maximum atomic E-state index is 5.27. The molecule has 0 N–H and O–H groups in total. The predicted octanol–water partition coefficient (Wildman–Crippen LogP) is 0.913. The minimum Gasteiger partial charge on any atom is -0.358 e. The quantitative estimate of drug-likeness (QED) is 0.515. The molecular formula is C7H12NO. The Balaban J connectivity index is 2.04. The Morgan fingerprint density at radius 1 is 1.78 bits per heavy atom. The van der Waals surface area contributed by atoms with Crippen LogP contribution in [0, 0.1) is 0 Å². The molecule has 0 amide bonds. The molecule has 2 nitrogen and oxygen atoms in total. The van der Waals surface area contributed by atoms with Crippen LogP contribution in [-0.2, 0) is 4.74 Å². The molecule has 1 saturated heterocycles. The zero-order valence-electron chi connectivity index (χ0n) is 5.55. The predicted molar refractivity (Wildman–Crippen MR) is 36.2 cm³/mol. The third kappa shape index (κ3) is 2.16. The van der Waals surface area contributed by atoms with Crippen molar-refractivity contribution in [3.8, 4) is 0 Å². The van der Waals surface area contributed by atoms with E-state index in [9.17, 15) is 0 Å². The van der Waals surface area contributed by atoms with Crippen LogP contribution >= 0.6 is 0 Å². The first-order valence-corrected chi connectivity index (χ1v) is 3.32. The first-order valence-electron chi connectivity index (χ1n) is 3.32. The maximum Gasteiger partial charge on any atom is 0.123 e. The van der Waals surface area contributed by atoms with Gasteiger partial charge in [0, 0.05) is 6.54 Å². The average Bonchev–Trinajstić information content (AvgIpc) is 2.34. The highest BCUT2D eigenvalue weighted by Gasteiger charge is 2.14. The minimum absolute atomic E-state index is 0.169. The van der Waals surface area contributed by atoms with Gasteiger partial charge < -0.3 is 4.74 Å². The van der Waals surface area contributed by atoms with Crippen LogP contribution in [0.15, 0.2) is 12.7 Å². The summed E-state index contributed by atoms with van der Waals surface area (Å²) in [6.45, 7) is 5.16. The van der Waals surface area contributed by atoms with E-state index >= 15 is 0 Å². The van der Waals surface area contributed by atoms with E-state index in [0.29, 0.717) is 6.61 Å². The number of ether oxygens (including phenoxy) is 1. The molecule has 0 aliphatic carbocycles. The molecule has 0 aromatic heterocycles. The topological polar surface area (TPSA) is 23.3 Å². The van der Waals surface area contributed by atoms with E-state index in [1.165, 1.54) is 6.42 Å². The van der Waals surface area contributed by atoms with Crippen LogP contribution < -0.4 is 5.32 Å². The van der Waals surface area contributed by atoms with E-state index in [4.69, 9.17) is 4.74 Å². The summed E-state index contributed by atoms with van der Waals surface area (Å²) in [6, 6.07) is 0. The lowest BCUT2D eigenvalue weighted by Gasteiger charge is -2.06. The van der Waals surface area contributed by atoms with E-state index in [0.717, 1.165) is 13.0 Å². The summed E-state index contributed by atoms with van der Waals surface area (Å²) >= 11 is 0. The minimum atomic E-state index is 0.169. The maximum absolute atomic E-state index is 5.27. The fraction of sp³-hybridized carbons (Fsp3) is 0.714. The van der Waals surface area contributed by atoms with Gasteiger partial charge in [-0.05, 0) is 12.8 Å². The first-order chi connectivity index (χ1) is 4.43. The fourth-order valence-electron chi connectivity index (χ4n) is 0.908. The second kappa shape index (κ2) is 3.64. The van der Waals surface area contributed by atoms with Gasteiger partial charge in [0.25, 0.3) is 0 Å². The molecule has 1 atom stereocenters. The Morgan fingerprint density at radius 3 is 3.22 bits per heavy atom. The largest absolute Gasteiger partial charge is 0.358 e. The fourth-order valence-corrected chi connectivity index (χ4v) is 0.908. The lowest BCUT2D eigenvalue weighted by atomic mass is 10.4. The van der Waals surface area contributed by atoms with Gasteiger partial charge in [0.05, 0.1) is 6.61 Å². The van der Waals surface area contributed by atoms with Crippen molar-refractivity contribution in [1.82, 2.24) is 5.32 Å². The molecule has 0 saturated carbocycles. The monoisotopic (exact) mass is 126 g/mol. The van der Waals surface area contributed by atoms with E-state index in [1.54, 1.807) is 6.08 Å². The SMILES string of the molecule is C=CCOC1CCC[N]1. The van der Waals surface area contributed by atoms with Crippen LogP contribution in [0.3, 0.4) is 0 Å². The summed E-state index contributed by atoms with van der Waals surface area (Å²) in [4.78, 5) is 0. The van der Waals surface area contributed by atoms with Gasteiger partial charge in [-0.1, -0.05) is 6.08 Å². The van der Waals surface area contributed by atoms with Gasteiger partial charge in [0.2, 0.25) is 0 Å². The van der Waals surface area contributed by atoms with E-state index < -0.39 is 0 Å². The summed E-state index contributed by atoms with van der Waals surface area (Å²) < 4.78 is 5.27. The molecule has 1 aliphatic heterocycles. The molecular weight excluding hydrogens is 114 g/mol. The molecule has 0 spiro atoms. The van der Waals surface area contributed by atoms with Crippen LogP contribution in [0.2, 0.25) is 0 Å². The Bertz CT molecular complexity index is 86.9. The number of nitrogens with zero attached hydrogens (tertiary/aromatic N) is 1. The van der Waals surface area contributed by atoms with Crippen LogP contribution in [0.5, 0.6) is 0 Å². The zero-order valence-corrected chi connectivity index (χ0v) is 5.55. The molecule has 1 fully saturated rings. The van der Waals surface area contributed by atoms with Crippen LogP contribution in [0.25, 0.3) is 0 Å². The van der Waals surface area contributed by atoms with Crippen molar-refractivity contribution in [2.24, 2.45) is 0 Å². The Hall–Kier alpha value is -0.340. The van der Waals surface area contributed by atoms with Crippen molar-refractivity contribution in [2.75, 3.05) is 13.2 Å². The van der Waals surface area contributed by atoms with Crippen molar-refractivity contribution >= 4 is 0 Å². The van der Waals surface area contributed by atoms with Gasteiger partial charge in [-0.25, -0.2) is 5.32 Å². The first kappa shape index (κ1) is 6.78. The number of hydrogen-bond acceptors (Lipinski definition) is 1. The van der Waals surface area contributed by atoms with E-state index in [-0.39, 0.29) is 6.23 Å². The Kier molecular flexibility index (Phi) is 2.74. The van der Waals surface area contributed by atoms with Crippen molar-refractivity contribution in [2.45, 2.75) is 19.1 Å². The van der Waals surface area contributed by atoms with Crippen LogP contribution in [-0.4, -0.2) is 19.4 Å². The summed E-state index contributed by atoms with van der Waals surface area (Å²) in [7, 11) is 0. The molecule has 1 rings (SSSR count). The molecule has 9 heavy (non-hydrogen) atoms. The second-order valence-electron chi connectivity index (χ2n) is 2.13. The summed E-state index contributed by atoms with van der Waals surface area (Å²) in [5.74, 6) is 0. The van der Waals surface area contributed by atoms with Crippen molar-refractivity contribution in [3.63, 3.8) is 0 Å². The smallest absolute Gasteiger partial charge is 0.123 e. The van der Waals surface area contributed by atoms with Crippen molar-refractivity contribution in [3.05, 3.63) is 12.7 Å². The summed E-state index contributed by atoms with van der Waals surface area (Å²) in [6.07, 6.45) is 4.20. The Labute approximate surface area is 55.9 Å². The van der Waals surface area contributed by atoms with Gasteiger partial charge in [-0.15, -0.1) is 6.58 Å². The lowest BCUT2D eigenvalue weighted by molar-refractivity contribution is 0.0615. The molecule has 1 aliphatic rings. The van der Waals surface area contributed by atoms with E-state index in [1.807, 2.05) is 0 Å². The highest BCUT2D eigenvalue weighted by molar-refractivity contribution is 4.69. The lowest BCUT2D eigenvalue weighted by Crippen LogP contribution is -2.17. The molecule has 1 radical (unpaired) electrons. The normalized spacial score (nSPS) is 26.4. The molecule has 0 aromatic carbocycles. The highest BCUT2D eigenvalue weighted by Crippen LogP contribution is 2.07. The average molecular weight is 126 g/mol. The summed E-state index contributed by atoms with van der Waals surface area (Å²) in [5.41, 5.74) is 0. The molecule has 51 valence electrons. The van der Waals surface area contributed by atoms with Gasteiger partial charge in [0.1, 0.15) is 6.23 Å². The molecule has 1 heterocycles. The highest BCUT2D eigenvalue weighted by atomic mass is 16.5.